The van der Waals surface area contributed by atoms with Crippen LogP contribution in [0.2, 0.25) is 0 Å². The molecule has 3 nitrogen and oxygen atoms in total. The summed E-state index contributed by atoms with van der Waals surface area (Å²) in [5.74, 6) is 0.640. The van der Waals surface area contributed by atoms with Crippen LogP contribution in [-0.2, 0) is 4.79 Å². The first-order chi connectivity index (χ1) is 8.15. The maximum absolute atomic E-state index is 11.9. The van der Waals surface area contributed by atoms with Gasteiger partial charge in [-0.2, -0.15) is 0 Å². The number of hydrogen-bond donors (Lipinski definition) is 2. The molecule has 0 aromatic rings. The van der Waals surface area contributed by atoms with Gasteiger partial charge < -0.3 is 11.1 Å². The fourth-order valence-electron chi connectivity index (χ4n) is 3.25. The Kier molecular flexibility index (Phi) is 4.08. The predicted molar refractivity (Wildman–Crippen MR) is 69.5 cm³/mol. The van der Waals surface area contributed by atoms with E-state index in [9.17, 15) is 4.79 Å². The van der Waals surface area contributed by atoms with Gasteiger partial charge in [0.25, 0.3) is 0 Å². The molecule has 2 saturated carbocycles. The van der Waals surface area contributed by atoms with E-state index in [1.807, 2.05) is 0 Å². The van der Waals surface area contributed by atoms with E-state index in [0.29, 0.717) is 17.8 Å². The van der Waals surface area contributed by atoms with Crippen molar-refractivity contribution in [1.29, 1.82) is 0 Å². The number of nitrogens with two attached hydrogens (primary N) is 1. The second-order valence-corrected chi connectivity index (χ2v) is 6.04. The Bertz CT molecular complexity index is 268. The Morgan fingerprint density at radius 2 is 2.12 bits per heavy atom. The molecular formula is C14H26N2O. The van der Waals surface area contributed by atoms with E-state index < -0.39 is 0 Å². The van der Waals surface area contributed by atoms with Crippen LogP contribution in [0.1, 0.15) is 58.3 Å². The first-order valence-electron chi connectivity index (χ1n) is 7.17. The Balaban J connectivity index is 1.70. The lowest BCUT2D eigenvalue weighted by Crippen LogP contribution is -2.42. The lowest BCUT2D eigenvalue weighted by Gasteiger charge is -2.41. The van der Waals surface area contributed by atoms with E-state index in [4.69, 9.17) is 5.73 Å². The van der Waals surface area contributed by atoms with Crippen LogP contribution in [0.4, 0.5) is 0 Å². The summed E-state index contributed by atoms with van der Waals surface area (Å²) in [5.41, 5.74) is 6.42. The minimum Gasteiger partial charge on any atom is -0.356 e. The summed E-state index contributed by atoms with van der Waals surface area (Å²) in [4.78, 5) is 11.9. The lowest BCUT2D eigenvalue weighted by molar-refractivity contribution is -0.123. The number of hydrogen-bond acceptors (Lipinski definition) is 2. The fraction of sp³-hybridized carbons (Fsp3) is 0.929. The van der Waals surface area contributed by atoms with E-state index in [-0.39, 0.29) is 11.9 Å². The van der Waals surface area contributed by atoms with Gasteiger partial charge in [0.15, 0.2) is 0 Å². The third-order valence-electron chi connectivity index (χ3n) is 4.99. The van der Waals surface area contributed by atoms with Gasteiger partial charge in [-0.25, -0.2) is 0 Å². The topological polar surface area (TPSA) is 55.1 Å². The normalized spacial score (nSPS) is 30.9. The predicted octanol–water partition coefficient (Wildman–Crippen LogP) is 2.20. The standard InChI is InChI=1S/C14H26N2O/c1-2-14(7-4-8-14)10-16-13(17)9-11-5-3-6-12(11)15/h11-12H,2-10,15H2,1H3,(H,16,17)/t11-,12+/m0/s1. The number of nitrogens with one attached hydrogen (secondary N) is 1. The molecule has 0 bridgehead atoms. The smallest absolute Gasteiger partial charge is 0.220 e. The van der Waals surface area contributed by atoms with Crippen molar-refractivity contribution in [3.8, 4) is 0 Å². The number of carbonyl (C=O) groups excluding carboxylic acids is 1. The van der Waals surface area contributed by atoms with Gasteiger partial charge in [0.2, 0.25) is 5.91 Å². The second-order valence-electron chi connectivity index (χ2n) is 6.04. The molecule has 2 rings (SSSR count). The average Bonchev–Trinajstić information content (AvgIpc) is 2.64. The van der Waals surface area contributed by atoms with Crippen molar-refractivity contribution in [2.24, 2.45) is 17.1 Å². The van der Waals surface area contributed by atoms with E-state index in [2.05, 4.69) is 12.2 Å². The Morgan fingerprint density at radius 3 is 2.59 bits per heavy atom. The first kappa shape index (κ1) is 12.9. The zero-order chi connectivity index (χ0) is 12.3. The maximum Gasteiger partial charge on any atom is 0.220 e. The molecule has 0 saturated heterocycles. The third-order valence-corrected chi connectivity index (χ3v) is 4.99. The molecule has 2 fully saturated rings. The number of rotatable bonds is 5. The average molecular weight is 238 g/mol. The van der Waals surface area contributed by atoms with Crippen molar-refractivity contribution in [1.82, 2.24) is 5.32 Å². The zero-order valence-electron chi connectivity index (χ0n) is 11.0. The molecule has 1 amide bonds. The molecular weight excluding hydrogens is 212 g/mol. The maximum atomic E-state index is 11.9. The van der Waals surface area contributed by atoms with Crippen molar-refractivity contribution < 1.29 is 4.79 Å². The molecule has 98 valence electrons. The minimum atomic E-state index is 0.215. The highest BCUT2D eigenvalue weighted by atomic mass is 16.1. The molecule has 2 aliphatic carbocycles. The highest BCUT2D eigenvalue weighted by molar-refractivity contribution is 5.76. The summed E-state index contributed by atoms with van der Waals surface area (Å²) in [6.45, 7) is 3.11. The monoisotopic (exact) mass is 238 g/mol. The summed E-state index contributed by atoms with van der Waals surface area (Å²) in [5, 5.41) is 3.13. The number of carbonyl (C=O) groups is 1. The molecule has 0 aliphatic heterocycles. The Morgan fingerprint density at radius 1 is 1.35 bits per heavy atom. The highest BCUT2D eigenvalue weighted by Gasteiger charge is 2.35. The van der Waals surface area contributed by atoms with Crippen LogP contribution in [-0.4, -0.2) is 18.5 Å². The van der Waals surface area contributed by atoms with Gasteiger partial charge in [0, 0.05) is 19.0 Å². The van der Waals surface area contributed by atoms with Gasteiger partial charge in [-0.3, -0.25) is 4.79 Å². The van der Waals surface area contributed by atoms with Crippen LogP contribution in [0, 0.1) is 11.3 Å². The van der Waals surface area contributed by atoms with E-state index in [1.54, 1.807) is 0 Å². The highest BCUT2D eigenvalue weighted by Crippen LogP contribution is 2.43. The summed E-state index contributed by atoms with van der Waals surface area (Å²) in [7, 11) is 0. The Labute approximate surface area is 105 Å². The van der Waals surface area contributed by atoms with Crippen LogP contribution < -0.4 is 11.1 Å². The molecule has 2 aliphatic rings. The van der Waals surface area contributed by atoms with Gasteiger partial charge in [0.05, 0.1) is 0 Å². The van der Waals surface area contributed by atoms with Crippen molar-refractivity contribution in [2.75, 3.05) is 6.54 Å². The second kappa shape index (κ2) is 5.38. The van der Waals surface area contributed by atoms with Gasteiger partial charge in [0.1, 0.15) is 0 Å². The minimum absolute atomic E-state index is 0.215. The van der Waals surface area contributed by atoms with Crippen LogP contribution in [0.5, 0.6) is 0 Å². The van der Waals surface area contributed by atoms with Crippen molar-refractivity contribution in [2.45, 2.75) is 64.3 Å². The lowest BCUT2D eigenvalue weighted by atomic mass is 9.67. The van der Waals surface area contributed by atoms with Crippen LogP contribution in [0.15, 0.2) is 0 Å². The van der Waals surface area contributed by atoms with E-state index in [0.717, 1.165) is 19.4 Å². The summed E-state index contributed by atoms with van der Waals surface area (Å²) in [6.07, 6.45) is 9.15. The first-order valence-corrected chi connectivity index (χ1v) is 7.17. The third kappa shape index (κ3) is 3.01. The van der Waals surface area contributed by atoms with Crippen LogP contribution in [0.25, 0.3) is 0 Å². The number of amides is 1. The van der Waals surface area contributed by atoms with E-state index >= 15 is 0 Å². The summed E-state index contributed by atoms with van der Waals surface area (Å²) >= 11 is 0. The quantitative estimate of drug-likeness (QED) is 0.771. The largest absolute Gasteiger partial charge is 0.356 e. The fourth-order valence-corrected chi connectivity index (χ4v) is 3.25. The molecule has 0 heterocycles. The van der Waals surface area contributed by atoms with Gasteiger partial charge in [-0.1, -0.05) is 19.8 Å². The molecule has 0 radical (unpaired) electrons. The van der Waals surface area contributed by atoms with E-state index in [1.165, 1.54) is 32.1 Å². The molecule has 3 heteroatoms. The molecule has 0 aromatic heterocycles. The molecule has 2 atom stereocenters. The van der Waals surface area contributed by atoms with Crippen molar-refractivity contribution in [3.63, 3.8) is 0 Å². The molecule has 0 unspecified atom stereocenters. The molecule has 3 N–H and O–H groups in total. The molecule has 0 spiro atoms. The summed E-state index contributed by atoms with van der Waals surface area (Å²) in [6, 6.07) is 0.254. The van der Waals surface area contributed by atoms with Gasteiger partial charge >= 0.3 is 0 Å². The van der Waals surface area contributed by atoms with Crippen molar-refractivity contribution >= 4 is 5.91 Å². The SMILES string of the molecule is CCC1(CNC(=O)C[C@@H]2CCC[C@H]2N)CCC1. The summed E-state index contributed by atoms with van der Waals surface area (Å²) < 4.78 is 0. The van der Waals surface area contributed by atoms with Crippen molar-refractivity contribution in [3.05, 3.63) is 0 Å². The van der Waals surface area contributed by atoms with Crippen LogP contribution in [0.3, 0.4) is 0 Å². The molecule has 17 heavy (non-hydrogen) atoms. The Hall–Kier alpha value is -0.570. The zero-order valence-corrected chi connectivity index (χ0v) is 11.0. The molecule has 0 aromatic carbocycles. The van der Waals surface area contributed by atoms with Crippen LogP contribution >= 0.6 is 0 Å². The van der Waals surface area contributed by atoms with Gasteiger partial charge in [-0.15, -0.1) is 0 Å². The van der Waals surface area contributed by atoms with Gasteiger partial charge in [-0.05, 0) is 43.4 Å².